The van der Waals surface area contributed by atoms with Crippen molar-refractivity contribution in [3.05, 3.63) is 76.4 Å². The Balaban J connectivity index is 2.14. The quantitative estimate of drug-likeness (QED) is 0.598. The number of allylic oxidation sites excluding steroid dienone is 1. The highest BCUT2D eigenvalue weighted by molar-refractivity contribution is 6.52. The molecule has 1 N–H and O–H groups in total. The molecule has 0 saturated carbocycles. The Morgan fingerprint density at radius 1 is 0.966 bits per heavy atom. The van der Waals surface area contributed by atoms with Gasteiger partial charge in [-0.15, -0.1) is 0 Å². The zero-order chi connectivity index (χ0) is 21.1. The van der Waals surface area contributed by atoms with Crippen molar-refractivity contribution >= 4 is 29.1 Å². The number of aliphatic hydroxyl groups excluding tert-OH is 1. The second-order valence-corrected chi connectivity index (χ2v) is 6.78. The van der Waals surface area contributed by atoms with Crippen molar-refractivity contribution in [3.8, 4) is 0 Å². The highest BCUT2D eigenvalue weighted by atomic mass is 16.5. The Morgan fingerprint density at radius 2 is 1.59 bits per heavy atom. The maximum absolute atomic E-state index is 12.9. The van der Waals surface area contributed by atoms with Gasteiger partial charge in [-0.25, -0.2) is 4.79 Å². The third-order valence-corrected chi connectivity index (χ3v) is 4.85. The molecule has 6 heteroatoms. The summed E-state index contributed by atoms with van der Waals surface area (Å²) in [7, 11) is 0. The molecule has 0 aliphatic heterocycles. The van der Waals surface area contributed by atoms with E-state index in [1.165, 1.54) is 12.1 Å². The van der Waals surface area contributed by atoms with Crippen LogP contribution in [0.15, 0.2) is 54.1 Å². The van der Waals surface area contributed by atoms with Crippen molar-refractivity contribution in [2.75, 3.05) is 6.61 Å². The first-order chi connectivity index (χ1) is 13.8. The summed E-state index contributed by atoms with van der Waals surface area (Å²) in [5.74, 6) is -4.81. The van der Waals surface area contributed by atoms with E-state index in [2.05, 4.69) is 0 Å². The van der Waals surface area contributed by atoms with Gasteiger partial charge in [-0.3, -0.25) is 14.4 Å². The molecular formula is C23H20O6. The fourth-order valence-corrected chi connectivity index (χ4v) is 3.37. The molecule has 0 fully saturated rings. The minimum atomic E-state index is -1.01. The Morgan fingerprint density at radius 3 is 2.21 bits per heavy atom. The van der Waals surface area contributed by atoms with Crippen LogP contribution in [0.4, 0.5) is 0 Å². The van der Waals surface area contributed by atoms with Crippen molar-refractivity contribution in [1.82, 2.24) is 0 Å². The molecule has 0 bridgehead atoms. The van der Waals surface area contributed by atoms with Crippen LogP contribution in [0.5, 0.6) is 0 Å². The van der Waals surface area contributed by atoms with Gasteiger partial charge in [-0.05, 0) is 19.4 Å². The first-order valence-electron chi connectivity index (χ1n) is 9.23. The Bertz CT molecular complexity index is 1030. The van der Waals surface area contributed by atoms with E-state index in [1.807, 2.05) is 6.92 Å². The van der Waals surface area contributed by atoms with Crippen LogP contribution < -0.4 is 0 Å². The van der Waals surface area contributed by atoms with Crippen LogP contribution >= 0.6 is 0 Å². The van der Waals surface area contributed by atoms with Gasteiger partial charge < -0.3 is 9.84 Å². The molecular weight excluding hydrogens is 372 g/mol. The summed E-state index contributed by atoms with van der Waals surface area (Å²) in [6.07, 6.45) is -0.400. The van der Waals surface area contributed by atoms with E-state index in [4.69, 9.17) is 4.74 Å². The summed E-state index contributed by atoms with van der Waals surface area (Å²) in [6, 6.07) is 13.2. The molecule has 148 valence electrons. The number of rotatable bonds is 6. The van der Waals surface area contributed by atoms with Crippen LogP contribution in [0.1, 0.15) is 46.3 Å². The Kier molecular flexibility index (Phi) is 5.73. The van der Waals surface area contributed by atoms with Gasteiger partial charge >= 0.3 is 5.97 Å². The van der Waals surface area contributed by atoms with Crippen molar-refractivity contribution in [1.29, 1.82) is 0 Å². The smallest absolute Gasteiger partial charge is 0.374 e. The van der Waals surface area contributed by atoms with Crippen LogP contribution in [0.3, 0.4) is 0 Å². The van der Waals surface area contributed by atoms with E-state index in [0.29, 0.717) is 5.56 Å². The molecule has 0 unspecified atom stereocenters. The van der Waals surface area contributed by atoms with Gasteiger partial charge in [0.05, 0.1) is 12.2 Å². The molecule has 0 aromatic heterocycles. The first-order valence-corrected chi connectivity index (χ1v) is 9.23. The van der Waals surface area contributed by atoms with Crippen molar-refractivity contribution < 1.29 is 29.0 Å². The molecule has 1 atom stereocenters. The standard InChI is InChI=1S/C23H20O6/c1-3-29-23(28)18(24)12-17(14-10-8-13(2)9-11-14)19-20(25)15-6-4-5-7-16(15)21(26)22(19)27/h4-11,17,25H,3,12H2,1-2H3/t17-/m1/s1. The minimum absolute atomic E-state index is 0.0402. The third-order valence-electron chi connectivity index (χ3n) is 4.85. The van der Waals surface area contributed by atoms with E-state index in [0.717, 1.165) is 5.56 Å². The first kappa shape index (κ1) is 20.2. The molecule has 3 rings (SSSR count). The number of ketones is 3. The topological polar surface area (TPSA) is 97.7 Å². The number of hydrogen-bond acceptors (Lipinski definition) is 6. The number of aryl methyl sites for hydroxylation is 1. The lowest BCUT2D eigenvalue weighted by Crippen LogP contribution is -2.29. The highest BCUT2D eigenvalue weighted by Crippen LogP contribution is 2.38. The molecule has 0 heterocycles. The molecule has 0 saturated heterocycles. The lowest BCUT2D eigenvalue weighted by atomic mass is 9.77. The van der Waals surface area contributed by atoms with Crippen LogP contribution in [0.2, 0.25) is 0 Å². The van der Waals surface area contributed by atoms with Gasteiger partial charge in [-0.1, -0.05) is 54.1 Å². The summed E-state index contributed by atoms with van der Waals surface area (Å²) in [4.78, 5) is 49.7. The Labute approximate surface area is 167 Å². The molecule has 29 heavy (non-hydrogen) atoms. The number of esters is 1. The summed E-state index contributed by atoms with van der Waals surface area (Å²) < 4.78 is 4.76. The number of fused-ring (bicyclic) bond motifs is 1. The van der Waals surface area contributed by atoms with Gasteiger partial charge in [0.15, 0.2) is 0 Å². The lowest BCUT2D eigenvalue weighted by molar-refractivity contribution is -0.153. The number of benzene rings is 2. The summed E-state index contributed by atoms with van der Waals surface area (Å²) in [6.45, 7) is 3.50. The molecule has 1 aliphatic rings. The average molecular weight is 392 g/mol. The van der Waals surface area contributed by atoms with Crippen molar-refractivity contribution in [2.45, 2.75) is 26.2 Å². The summed E-state index contributed by atoms with van der Waals surface area (Å²) in [5.41, 5.74) is 1.65. The highest BCUT2D eigenvalue weighted by Gasteiger charge is 2.39. The van der Waals surface area contributed by atoms with Gasteiger partial charge in [0.25, 0.3) is 0 Å². The monoisotopic (exact) mass is 392 g/mol. The van der Waals surface area contributed by atoms with Crippen LogP contribution in [-0.4, -0.2) is 35.0 Å². The second kappa shape index (κ2) is 8.22. The van der Waals surface area contributed by atoms with E-state index in [-0.39, 0.29) is 29.1 Å². The van der Waals surface area contributed by atoms with E-state index in [9.17, 15) is 24.3 Å². The zero-order valence-electron chi connectivity index (χ0n) is 16.1. The van der Waals surface area contributed by atoms with E-state index >= 15 is 0 Å². The number of carbonyl (C=O) groups excluding carboxylic acids is 4. The number of aliphatic hydroxyl groups is 1. The van der Waals surface area contributed by atoms with Gasteiger partial charge in [-0.2, -0.15) is 0 Å². The van der Waals surface area contributed by atoms with Crippen LogP contribution in [0, 0.1) is 6.92 Å². The maximum atomic E-state index is 12.9. The Hall–Kier alpha value is -3.54. The van der Waals surface area contributed by atoms with E-state index in [1.54, 1.807) is 43.3 Å². The number of Topliss-reactive ketones (excluding diaryl/α,β-unsaturated/α-hetero) is 3. The zero-order valence-corrected chi connectivity index (χ0v) is 16.1. The third kappa shape index (κ3) is 3.87. The fraction of sp³-hybridized carbons (Fsp3) is 0.217. The molecule has 2 aromatic carbocycles. The minimum Gasteiger partial charge on any atom is -0.507 e. The van der Waals surface area contributed by atoms with Gasteiger partial charge in [0, 0.05) is 23.5 Å². The van der Waals surface area contributed by atoms with Crippen LogP contribution in [0.25, 0.3) is 5.76 Å². The summed E-state index contributed by atoms with van der Waals surface area (Å²) in [5, 5.41) is 10.8. The molecule has 0 radical (unpaired) electrons. The molecule has 0 amide bonds. The normalized spacial score (nSPS) is 14.4. The molecule has 0 spiro atoms. The summed E-state index contributed by atoms with van der Waals surface area (Å²) >= 11 is 0. The number of carbonyl (C=O) groups is 4. The molecule has 1 aliphatic carbocycles. The predicted molar refractivity (Wildman–Crippen MR) is 106 cm³/mol. The maximum Gasteiger partial charge on any atom is 0.374 e. The predicted octanol–water partition coefficient (Wildman–Crippen LogP) is 3.34. The van der Waals surface area contributed by atoms with Gasteiger partial charge in [0.1, 0.15) is 5.76 Å². The lowest BCUT2D eigenvalue weighted by Gasteiger charge is -2.24. The second-order valence-electron chi connectivity index (χ2n) is 6.78. The largest absolute Gasteiger partial charge is 0.507 e. The molecule has 2 aromatic rings. The SMILES string of the molecule is CCOC(=O)C(=O)C[C@@H](C1=C(O)c2ccccc2C(=O)C1=O)c1ccc(C)cc1. The number of ether oxygens (including phenoxy) is 1. The average Bonchev–Trinajstić information content (AvgIpc) is 2.72. The van der Waals surface area contributed by atoms with Crippen molar-refractivity contribution in [3.63, 3.8) is 0 Å². The van der Waals surface area contributed by atoms with Crippen molar-refractivity contribution in [2.24, 2.45) is 0 Å². The fourth-order valence-electron chi connectivity index (χ4n) is 3.37. The molecule has 6 nitrogen and oxygen atoms in total. The van der Waals surface area contributed by atoms with Gasteiger partial charge in [0.2, 0.25) is 17.3 Å². The van der Waals surface area contributed by atoms with Crippen LogP contribution in [-0.2, 0) is 19.1 Å². The van der Waals surface area contributed by atoms with E-state index < -0.39 is 35.7 Å². The number of hydrogen-bond donors (Lipinski definition) is 1.